The quantitative estimate of drug-likeness (QED) is 0.381. The van der Waals surface area contributed by atoms with Gasteiger partial charge in [-0.2, -0.15) is 0 Å². The molecular weight excluding hydrogens is 253 g/mol. The highest BCUT2D eigenvalue weighted by atomic mass is 19.2. The first-order chi connectivity index (χ1) is 8.31. The Balaban J connectivity index is 3.54. The van der Waals surface area contributed by atoms with Crippen molar-refractivity contribution in [3.05, 3.63) is 46.3 Å². The standard InChI is InChI=1S/C12H12F5N/c1-5(2)4-6(18-3)7-8(13)10(15)12(17)11(16)9(7)14/h4,6,18H,1-3H3. The van der Waals surface area contributed by atoms with Crippen LogP contribution in [0.3, 0.4) is 0 Å². The molecular formula is C12H12F5N. The van der Waals surface area contributed by atoms with Gasteiger partial charge >= 0.3 is 0 Å². The average molecular weight is 265 g/mol. The van der Waals surface area contributed by atoms with E-state index >= 15 is 0 Å². The molecule has 1 aromatic carbocycles. The fraction of sp³-hybridized carbons (Fsp3) is 0.333. The minimum Gasteiger partial charge on any atom is -0.310 e. The lowest BCUT2D eigenvalue weighted by Gasteiger charge is -2.16. The summed E-state index contributed by atoms with van der Waals surface area (Å²) in [5.41, 5.74) is -0.201. The van der Waals surface area contributed by atoms with Crippen molar-refractivity contribution >= 4 is 0 Å². The Morgan fingerprint density at radius 1 is 0.889 bits per heavy atom. The summed E-state index contributed by atoms with van der Waals surface area (Å²) in [6.45, 7) is 3.30. The lowest BCUT2D eigenvalue weighted by Crippen LogP contribution is -2.20. The number of hydrogen-bond acceptors (Lipinski definition) is 1. The lowest BCUT2D eigenvalue weighted by atomic mass is 10.0. The summed E-state index contributed by atoms with van der Waals surface area (Å²) < 4.78 is 65.9. The molecule has 0 bridgehead atoms. The summed E-state index contributed by atoms with van der Waals surface area (Å²) in [4.78, 5) is 0. The van der Waals surface area contributed by atoms with Crippen molar-refractivity contribution in [1.29, 1.82) is 0 Å². The molecule has 0 amide bonds. The van der Waals surface area contributed by atoms with Gasteiger partial charge in [-0.25, -0.2) is 22.0 Å². The molecule has 0 saturated carbocycles. The summed E-state index contributed by atoms with van der Waals surface area (Å²) in [5, 5.41) is 2.49. The van der Waals surface area contributed by atoms with Crippen LogP contribution in [-0.2, 0) is 0 Å². The van der Waals surface area contributed by atoms with Crippen LogP contribution in [0.15, 0.2) is 11.6 Å². The van der Waals surface area contributed by atoms with Gasteiger partial charge < -0.3 is 5.32 Å². The molecule has 1 rings (SSSR count). The van der Waals surface area contributed by atoms with E-state index in [0.29, 0.717) is 5.57 Å². The number of allylic oxidation sites excluding steroid dienone is 1. The van der Waals surface area contributed by atoms with Crippen LogP contribution in [0.2, 0.25) is 0 Å². The SMILES string of the molecule is CNC(C=C(C)C)c1c(F)c(F)c(F)c(F)c1F. The average Bonchev–Trinajstić information content (AvgIpc) is 2.32. The molecule has 0 aliphatic heterocycles. The Kier molecular flexibility index (Phi) is 4.45. The van der Waals surface area contributed by atoms with Crippen LogP contribution >= 0.6 is 0 Å². The van der Waals surface area contributed by atoms with Crippen molar-refractivity contribution in [2.24, 2.45) is 0 Å². The van der Waals surface area contributed by atoms with Gasteiger partial charge in [-0.15, -0.1) is 0 Å². The van der Waals surface area contributed by atoms with Gasteiger partial charge in [0, 0.05) is 0 Å². The largest absolute Gasteiger partial charge is 0.310 e. The second-order valence-electron chi connectivity index (χ2n) is 3.99. The van der Waals surface area contributed by atoms with E-state index in [1.165, 1.54) is 13.1 Å². The monoisotopic (exact) mass is 265 g/mol. The maximum atomic E-state index is 13.5. The minimum absolute atomic E-state index is 0.679. The Morgan fingerprint density at radius 2 is 1.28 bits per heavy atom. The third-order valence-electron chi connectivity index (χ3n) is 2.37. The van der Waals surface area contributed by atoms with E-state index in [1.807, 2.05) is 0 Å². The summed E-state index contributed by atoms with van der Waals surface area (Å²) in [6, 6.07) is -1.08. The van der Waals surface area contributed by atoms with Crippen LogP contribution in [0.4, 0.5) is 22.0 Å². The first-order valence-corrected chi connectivity index (χ1v) is 5.14. The molecule has 1 unspecified atom stereocenters. The zero-order valence-corrected chi connectivity index (χ0v) is 10.0. The minimum atomic E-state index is -2.15. The maximum Gasteiger partial charge on any atom is 0.200 e. The number of likely N-dealkylation sites (N-methyl/N-ethyl adjacent to an activating group) is 1. The van der Waals surface area contributed by atoms with Gasteiger partial charge in [0.1, 0.15) is 0 Å². The Hall–Kier alpha value is -1.43. The highest BCUT2D eigenvalue weighted by molar-refractivity contribution is 5.30. The van der Waals surface area contributed by atoms with Crippen LogP contribution in [0.5, 0.6) is 0 Å². The molecule has 0 aliphatic rings. The molecule has 0 spiro atoms. The molecule has 6 heteroatoms. The first-order valence-electron chi connectivity index (χ1n) is 5.14. The highest BCUT2D eigenvalue weighted by Crippen LogP contribution is 2.28. The molecule has 18 heavy (non-hydrogen) atoms. The maximum absolute atomic E-state index is 13.5. The Bertz CT molecular complexity index is 463. The molecule has 1 atom stereocenters. The van der Waals surface area contributed by atoms with Gasteiger partial charge in [0.05, 0.1) is 11.6 Å². The normalized spacial score (nSPS) is 12.4. The Labute approximate surface area is 101 Å². The van der Waals surface area contributed by atoms with Gasteiger partial charge in [-0.3, -0.25) is 0 Å². The lowest BCUT2D eigenvalue weighted by molar-refractivity contribution is 0.364. The smallest absolute Gasteiger partial charge is 0.200 e. The second-order valence-corrected chi connectivity index (χ2v) is 3.99. The van der Waals surface area contributed by atoms with Gasteiger partial charge in [-0.05, 0) is 20.9 Å². The van der Waals surface area contributed by atoms with Crippen molar-refractivity contribution in [2.75, 3.05) is 7.05 Å². The zero-order valence-electron chi connectivity index (χ0n) is 10.0. The number of benzene rings is 1. The molecule has 0 aromatic heterocycles. The van der Waals surface area contributed by atoms with E-state index < -0.39 is 40.7 Å². The van der Waals surface area contributed by atoms with Crippen LogP contribution in [0.25, 0.3) is 0 Å². The predicted octanol–water partition coefficient (Wildman–Crippen LogP) is 3.61. The third-order valence-corrected chi connectivity index (χ3v) is 2.37. The van der Waals surface area contributed by atoms with Gasteiger partial charge in [0.25, 0.3) is 0 Å². The number of nitrogens with one attached hydrogen (secondary N) is 1. The number of rotatable bonds is 3. The molecule has 0 radical (unpaired) electrons. The van der Waals surface area contributed by atoms with Gasteiger partial charge in [0.15, 0.2) is 23.3 Å². The molecule has 100 valence electrons. The molecule has 1 aromatic rings. The topological polar surface area (TPSA) is 12.0 Å². The van der Waals surface area contributed by atoms with E-state index in [2.05, 4.69) is 5.32 Å². The summed E-state index contributed by atoms with van der Waals surface area (Å²) in [5.74, 6) is -9.66. The fourth-order valence-electron chi connectivity index (χ4n) is 1.54. The molecule has 0 fully saturated rings. The highest BCUT2D eigenvalue weighted by Gasteiger charge is 2.28. The van der Waals surface area contributed by atoms with Crippen molar-refractivity contribution in [3.63, 3.8) is 0 Å². The van der Waals surface area contributed by atoms with E-state index in [-0.39, 0.29) is 0 Å². The predicted molar refractivity (Wildman–Crippen MR) is 57.5 cm³/mol. The van der Waals surface area contributed by atoms with Crippen molar-refractivity contribution in [2.45, 2.75) is 19.9 Å². The van der Waals surface area contributed by atoms with Crippen molar-refractivity contribution in [1.82, 2.24) is 5.32 Å². The van der Waals surface area contributed by atoms with Crippen LogP contribution in [0.1, 0.15) is 25.5 Å². The van der Waals surface area contributed by atoms with E-state index in [9.17, 15) is 22.0 Å². The molecule has 1 nitrogen and oxygen atoms in total. The van der Waals surface area contributed by atoms with Crippen molar-refractivity contribution < 1.29 is 22.0 Å². The second kappa shape index (κ2) is 5.48. The van der Waals surface area contributed by atoms with Crippen LogP contribution in [0, 0.1) is 29.1 Å². The number of halogens is 5. The van der Waals surface area contributed by atoms with E-state index in [1.54, 1.807) is 13.8 Å². The zero-order chi connectivity index (χ0) is 14.0. The van der Waals surface area contributed by atoms with E-state index in [4.69, 9.17) is 0 Å². The van der Waals surface area contributed by atoms with Crippen LogP contribution < -0.4 is 5.32 Å². The number of hydrogen-bond donors (Lipinski definition) is 1. The molecule has 1 N–H and O–H groups in total. The van der Waals surface area contributed by atoms with Gasteiger partial charge in [0.2, 0.25) is 5.82 Å². The summed E-state index contributed by atoms with van der Waals surface area (Å²) in [6.07, 6.45) is 1.37. The Morgan fingerprint density at radius 3 is 1.61 bits per heavy atom. The van der Waals surface area contributed by atoms with E-state index in [0.717, 1.165) is 0 Å². The summed E-state index contributed by atoms with van der Waals surface area (Å²) in [7, 11) is 1.36. The first kappa shape index (κ1) is 14.6. The molecule has 0 saturated heterocycles. The fourth-order valence-corrected chi connectivity index (χ4v) is 1.54. The van der Waals surface area contributed by atoms with Crippen LogP contribution in [-0.4, -0.2) is 7.05 Å². The summed E-state index contributed by atoms with van der Waals surface area (Å²) >= 11 is 0. The third kappa shape index (κ3) is 2.53. The van der Waals surface area contributed by atoms with Gasteiger partial charge in [-0.1, -0.05) is 11.6 Å². The molecule has 0 heterocycles. The van der Waals surface area contributed by atoms with Crippen molar-refractivity contribution in [3.8, 4) is 0 Å². The molecule has 0 aliphatic carbocycles.